The van der Waals surface area contributed by atoms with Crippen LogP contribution < -0.4 is 5.32 Å². The molecule has 0 bridgehead atoms. The summed E-state index contributed by atoms with van der Waals surface area (Å²) in [6, 6.07) is 9.95. The highest BCUT2D eigenvalue weighted by molar-refractivity contribution is 5.78. The van der Waals surface area contributed by atoms with E-state index in [-0.39, 0.29) is 18.4 Å². The zero-order valence-electron chi connectivity index (χ0n) is 13.6. The molecule has 0 saturated carbocycles. The molecule has 2 heterocycles. The van der Waals surface area contributed by atoms with Crippen LogP contribution in [0.4, 0.5) is 0 Å². The zero-order valence-corrected chi connectivity index (χ0v) is 13.6. The van der Waals surface area contributed by atoms with Gasteiger partial charge in [-0.2, -0.15) is 5.10 Å². The monoisotopic (exact) mass is 326 g/mol. The van der Waals surface area contributed by atoms with Gasteiger partial charge >= 0.3 is 0 Å². The fraction of sp³-hybridized carbons (Fsp3) is 0.389. The first-order chi connectivity index (χ1) is 11.7. The van der Waals surface area contributed by atoms with Gasteiger partial charge in [0.25, 0.3) is 0 Å². The Bertz CT molecular complexity index is 696. The van der Waals surface area contributed by atoms with Crippen molar-refractivity contribution in [3.63, 3.8) is 0 Å². The smallest absolute Gasteiger partial charge is 0.241 e. The molecule has 1 saturated heterocycles. The molecule has 2 aromatic rings. The Labute approximate surface area is 141 Å². The molecular formula is C18H22N4O2. The number of nitrogens with one attached hydrogen (secondary N) is 1. The van der Waals surface area contributed by atoms with Crippen LogP contribution in [-0.4, -0.2) is 46.1 Å². The van der Waals surface area contributed by atoms with Crippen molar-refractivity contribution < 1.29 is 9.59 Å². The summed E-state index contributed by atoms with van der Waals surface area (Å²) in [5.74, 6) is 0.164. The normalized spacial score (nSPS) is 14.2. The van der Waals surface area contributed by atoms with Gasteiger partial charge in [-0.15, -0.1) is 0 Å². The van der Waals surface area contributed by atoms with E-state index in [0.29, 0.717) is 13.0 Å². The predicted molar refractivity (Wildman–Crippen MR) is 91.1 cm³/mol. The van der Waals surface area contributed by atoms with Gasteiger partial charge in [-0.05, 0) is 18.4 Å². The molecule has 0 unspecified atom stereocenters. The first kappa shape index (κ1) is 16.2. The molecule has 0 radical (unpaired) electrons. The molecular weight excluding hydrogens is 304 g/mol. The van der Waals surface area contributed by atoms with Crippen molar-refractivity contribution in [1.29, 1.82) is 0 Å². The Morgan fingerprint density at radius 1 is 1.21 bits per heavy atom. The number of hydrogen-bond donors (Lipinski definition) is 1. The summed E-state index contributed by atoms with van der Waals surface area (Å²) < 4.78 is 1.64. The summed E-state index contributed by atoms with van der Waals surface area (Å²) in [6.45, 7) is 2.35. The van der Waals surface area contributed by atoms with Crippen molar-refractivity contribution in [3.05, 3.63) is 42.7 Å². The summed E-state index contributed by atoms with van der Waals surface area (Å²) in [6.07, 6.45) is 6.04. The van der Waals surface area contributed by atoms with Gasteiger partial charge < -0.3 is 10.2 Å². The molecule has 1 aliphatic rings. The van der Waals surface area contributed by atoms with E-state index in [1.165, 1.54) is 0 Å². The van der Waals surface area contributed by atoms with Gasteiger partial charge in [-0.1, -0.05) is 30.3 Å². The minimum atomic E-state index is -0.0644. The van der Waals surface area contributed by atoms with Gasteiger partial charge in [0.15, 0.2) is 0 Å². The highest BCUT2D eigenvalue weighted by atomic mass is 16.2. The number of hydrogen-bond acceptors (Lipinski definition) is 3. The second-order valence-corrected chi connectivity index (χ2v) is 5.98. The molecule has 24 heavy (non-hydrogen) atoms. The largest absolute Gasteiger partial charge is 0.354 e. The highest BCUT2D eigenvalue weighted by Gasteiger charge is 2.19. The first-order valence-corrected chi connectivity index (χ1v) is 8.35. The van der Waals surface area contributed by atoms with E-state index in [4.69, 9.17) is 0 Å². The maximum absolute atomic E-state index is 12.0. The summed E-state index contributed by atoms with van der Waals surface area (Å²) >= 11 is 0. The van der Waals surface area contributed by atoms with Gasteiger partial charge in [0.1, 0.15) is 6.54 Å². The fourth-order valence-electron chi connectivity index (χ4n) is 2.87. The Balaban J connectivity index is 1.41. The molecule has 126 valence electrons. The lowest BCUT2D eigenvalue weighted by atomic mass is 10.1. The third-order valence-corrected chi connectivity index (χ3v) is 4.14. The van der Waals surface area contributed by atoms with Crippen LogP contribution in [0.15, 0.2) is 42.7 Å². The van der Waals surface area contributed by atoms with Crippen molar-refractivity contribution in [2.45, 2.75) is 25.8 Å². The van der Waals surface area contributed by atoms with Crippen LogP contribution in [-0.2, 0) is 16.1 Å². The Morgan fingerprint density at radius 2 is 2.04 bits per heavy atom. The van der Waals surface area contributed by atoms with Gasteiger partial charge in [-0.3, -0.25) is 14.3 Å². The average Bonchev–Trinajstić information content (AvgIpc) is 3.22. The van der Waals surface area contributed by atoms with Crippen LogP contribution in [0.1, 0.15) is 19.3 Å². The Morgan fingerprint density at radius 3 is 2.79 bits per heavy atom. The van der Waals surface area contributed by atoms with E-state index >= 15 is 0 Å². The molecule has 0 atom stereocenters. The maximum Gasteiger partial charge on any atom is 0.241 e. The van der Waals surface area contributed by atoms with Crippen LogP contribution in [0.25, 0.3) is 11.1 Å². The van der Waals surface area contributed by atoms with Crippen LogP contribution in [0.3, 0.4) is 0 Å². The number of aromatic nitrogens is 2. The zero-order chi connectivity index (χ0) is 16.8. The second-order valence-electron chi connectivity index (χ2n) is 5.98. The lowest BCUT2D eigenvalue weighted by molar-refractivity contribution is -0.127. The number of carbonyl (C=O) groups excluding carboxylic acids is 2. The molecule has 1 aliphatic heterocycles. The van der Waals surface area contributed by atoms with E-state index in [0.717, 1.165) is 37.1 Å². The molecule has 1 aromatic carbocycles. The molecule has 1 aromatic heterocycles. The quantitative estimate of drug-likeness (QED) is 0.787. The Hall–Kier alpha value is -2.63. The minimum Gasteiger partial charge on any atom is -0.354 e. The number of benzene rings is 1. The molecule has 6 nitrogen and oxygen atoms in total. The second kappa shape index (κ2) is 7.77. The van der Waals surface area contributed by atoms with Crippen molar-refractivity contribution >= 4 is 11.8 Å². The molecule has 1 fully saturated rings. The number of rotatable bonds is 7. The van der Waals surface area contributed by atoms with E-state index < -0.39 is 0 Å². The molecule has 1 N–H and O–H groups in total. The van der Waals surface area contributed by atoms with E-state index in [1.807, 2.05) is 41.4 Å². The van der Waals surface area contributed by atoms with Gasteiger partial charge in [0.05, 0.1) is 6.20 Å². The molecule has 3 rings (SSSR count). The van der Waals surface area contributed by atoms with E-state index in [2.05, 4.69) is 10.4 Å². The highest BCUT2D eigenvalue weighted by Crippen LogP contribution is 2.17. The topological polar surface area (TPSA) is 67.2 Å². The van der Waals surface area contributed by atoms with Gasteiger partial charge in [-0.25, -0.2) is 0 Å². The fourth-order valence-corrected chi connectivity index (χ4v) is 2.87. The minimum absolute atomic E-state index is 0.0644. The predicted octanol–water partition coefficient (Wildman–Crippen LogP) is 1.68. The lowest BCUT2D eigenvalue weighted by Crippen LogP contribution is -2.32. The van der Waals surface area contributed by atoms with E-state index in [1.54, 1.807) is 10.9 Å². The van der Waals surface area contributed by atoms with Crippen LogP contribution in [0.5, 0.6) is 0 Å². The molecule has 6 heteroatoms. The summed E-state index contributed by atoms with van der Waals surface area (Å²) in [7, 11) is 0. The first-order valence-electron chi connectivity index (χ1n) is 8.35. The van der Waals surface area contributed by atoms with Crippen molar-refractivity contribution in [2.75, 3.05) is 19.6 Å². The van der Waals surface area contributed by atoms with Crippen molar-refractivity contribution in [2.24, 2.45) is 0 Å². The van der Waals surface area contributed by atoms with Crippen molar-refractivity contribution in [1.82, 2.24) is 20.0 Å². The average molecular weight is 326 g/mol. The van der Waals surface area contributed by atoms with Crippen LogP contribution in [0, 0.1) is 0 Å². The third kappa shape index (κ3) is 4.22. The molecule has 2 amide bonds. The Kier molecular flexibility index (Phi) is 5.25. The summed E-state index contributed by atoms with van der Waals surface area (Å²) in [5, 5.41) is 7.12. The third-order valence-electron chi connectivity index (χ3n) is 4.14. The lowest BCUT2D eigenvalue weighted by Gasteiger charge is -2.15. The maximum atomic E-state index is 12.0. The van der Waals surface area contributed by atoms with Gasteiger partial charge in [0.2, 0.25) is 11.8 Å². The van der Waals surface area contributed by atoms with Crippen molar-refractivity contribution in [3.8, 4) is 11.1 Å². The van der Waals surface area contributed by atoms with Crippen LogP contribution in [0.2, 0.25) is 0 Å². The summed E-state index contributed by atoms with van der Waals surface area (Å²) in [4.78, 5) is 25.3. The van der Waals surface area contributed by atoms with Gasteiger partial charge in [0, 0.05) is 37.8 Å². The molecule has 0 aliphatic carbocycles. The van der Waals surface area contributed by atoms with Crippen LogP contribution >= 0.6 is 0 Å². The SMILES string of the molecule is O=C(Cn1cc(-c2ccccc2)cn1)NCCCN1CCCC1=O. The number of carbonyl (C=O) groups is 2. The number of nitrogens with zero attached hydrogens (tertiary/aromatic N) is 3. The standard InChI is InChI=1S/C18H22N4O2/c23-17(19-9-5-11-21-10-4-8-18(21)24)14-22-13-16(12-20-22)15-6-2-1-3-7-15/h1-3,6-7,12-13H,4-5,8-11,14H2,(H,19,23). The number of likely N-dealkylation sites (tertiary alicyclic amines) is 1. The molecule has 0 spiro atoms. The van der Waals surface area contributed by atoms with E-state index in [9.17, 15) is 9.59 Å². The summed E-state index contributed by atoms with van der Waals surface area (Å²) in [5.41, 5.74) is 2.08. The number of amides is 2.